The lowest BCUT2D eigenvalue weighted by molar-refractivity contribution is 1.16. The number of rotatable bonds is 4. The molecule has 0 radical (unpaired) electrons. The van der Waals surface area contributed by atoms with Crippen molar-refractivity contribution in [2.75, 3.05) is 10.6 Å². The van der Waals surface area contributed by atoms with Crippen LogP contribution in [0, 0.1) is 18.3 Å². The van der Waals surface area contributed by atoms with Gasteiger partial charge in [0.05, 0.1) is 16.9 Å². The number of aryl methyl sites for hydroxylation is 1. The molecule has 1 aromatic heterocycles. The fourth-order valence-corrected chi connectivity index (χ4v) is 2.75. The summed E-state index contributed by atoms with van der Waals surface area (Å²) in [4.78, 5) is 8.64. The predicted octanol–water partition coefficient (Wildman–Crippen LogP) is 4.91. The summed E-state index contributed by atoms with van der Waals surface area (Å²) >= 11 is 3.54. The van der Waals surface area contributed by atoms with Gasteiger partial charge < -0.3 is 10.6 Å². The fraction of sp³-hybridized carbons (Fsp3) is 0.0556. The van der Waals surface area contributed by atoms with E-state index in [2.05, 4.69) is 42.6 Å². The van der Waals surface area contributed by atoms with Gasteiger partial charge in [-0.2, -0.15) is 10.2 Å². The van der Waals surface area contributed by atoms with E-state index < -0.39 is 0 Å². The van der Waals surface area contributed by atoms with E-state index in [0.29, 0.717) is 23.0 Å². The molecule has 0 bridgehead atoms. The lowest BCUT2D eigenvalue weighted by atomic mass is 10.2. The van der Waals surface area contributed by atoms with Gasteiger partial charge in [0.2, 0.25) is 5.95 Å². The topological polar surface area (TPSA) is 73.6 Å². The van der Waals surface area contributed by atoms with E-state index >= 15 is 0 Å². The minimum atomic E-state index is 0.422. The number of benzene rings is 2. The number of aromatic nitrogens is 2. The van der Waals surface area contributed by atoms with Gasteiger partial charge in [-0.3, -0.25) is 0 Å². The standard InChI is InChI=1S/C18H14BrN5/c1-12-6-7-16(14(19)10-12)22-17-8-9-21-18(24-17)23-15-5-3-2-4-13(15)11-20/h2-10H,1H3,(H2,21,22,23,24). The van der Waals surface area contributed by atoms with Gasteiger partial charge in [0.15, 0.2) is 0 Å². The summed E-state index contributed by atoms with van der Waals surface area (Å²) in [7, 11) is 0. The first-order valence-electron chi connectivity index (χ1n) is 7.28. The van der Waals surface area contributed by atoms with E-state index in [1.807, 2.05) is 43.3 Å². The van der Waals surface area contributed by atoms with E-state index in [4.69, 9.17) is 5.26 Å². The summed E-state index contributed by atoms with van der Waals surface area (Å²) in [6.07, 6.45) is 1.66. The number of para-hydroxylation sites is 1. The van der Waals surface area contributed by atoms with Crippen molar-refractivity contribution in [3.63, 3.8) is 0 Å². The fourth-order valence-electron chi connectivity index (χ4n) is 2.16. The Morgan fingerprint density at radius 1 is 1.04 bits per heavy atom. The first kappa shape index (κ1) is 16.0. The van der Waals surface area contributed by atoms with Crippen LogP contribution in [0.3, 0.4) is 0 Å². The number of halogens is 1. The van der Waals surface area contributed by atoms with Crippen molar-refractivity contribution < 1.29 is 0 Å². The van der Waals surface area contributed by atoms with Gasteiger partial charge in [0, 0.05) is 10.7 Å². The molecule has 3 aromatic rings. The van der Waals surface area contributed by atoms with Gasteiger partial charge in [-0.05, 0) is 58.7 Å². The second-order valence-corrected chi connectivity index (χ2v) is 6.01. The van der Waals surface area contributed by atoms with E-state index in [1.165, 1.54) is 5.56 Å². The normalized spacial score (nSPS) is 10.0. The Kier molecular flexibility index (Phi) is 4.73. The molecule has 5 nitrogen and oxygen atoms in total. The number of nitrogens with one attached hydrogen (secondary N) is 2. The van der Waals surface area contributed by atoms with Crippen molar-refractivity contribution in [3.8, 4) is 6.07 Å². The summed E-state index contributed by atoms with van der Waals surface area (Å²) < 4.78 is 0.963. The third-order valence-electron chi connectivity index (χ3n) is 3.34. The lowest BCUT2D eigenvalue weighted by Crippen LogP contribution is -2.01. The van der Waals surface area contributed by atoms with Crippen LogP contribution in [0.5, 0.6) is 0 Å². The Morgan fingerprint density at radius 2 is 1.88 bits per heavy atom. The smallest absolute Gasteiger partial charge is 0.229 e. The summed E-state index contributed by atoms with van der Waals surface area (Å²) in [5.74, 6) is 1.08. The summed E-state index contributed by atoms with van der Waals surface area (Å²) in [5, 5.41) is 15.5. The number of hydrogen-bond donors (Lipinski definition) is 2. The highest BCUT2D eigenvalue weighted by Gasteiger charge is 2.06. The largest absolute Gasteiger partial charge is 0.339 e. The van der Waals surface area contributed by atoms with Crippen molar-refractivity contribution in [2.24, 2.45) is 0 Å². The monoisotopic (exact) mass is 379 g/mol. The molecule has 0 aliphatic rings. The molecule has 118 valence electrons. The van der Waals surface area contributed by atoms with Gasteiger partial charge >= 0.3 is 0 Å². The quantitative estimate of drug-likeness (QED) is 0.673. The first-order chi connectivity index (χ1) is 11.7. The molecule has 0 aliphatic carbocycles. The maximum atomic E-state index is 9.15. The highest BCUT2D eigenvalue weighted by molar-refractivity contribution is 9.10. The van der Waals surface area contributed by atoms with Crippen LogP contribution in [0.4, 0.5) is 23.1 Å². The van der Waals surface area contributed by atoms with Crippen molar-refractivity contribution in [1.29, 1.82) is 5.26 Å². The zero-order chi connectivity index (χ0) is 16.9. The lowest BCUT2D eigenvalue weighted by Gasteiger charge is -2.10. The second-order valence-electron chi connectivity index (χ2n) is 5.16. The van der Waals surface area contributed by atoms with Crippen molar-refractivity contribution in [1.82, 2.24) is 9.97 Å². The molecule has 0 atom stereocenters. The van der Waals surface area contributed by atoms with Gasteiger partial charge in [-0.1, -0.05) is 18.2 Å². The Labute approximate surface area is 148 Å². The van der Waals surface area contributed by atoms with Crippen LogP contribution in [-0.2, 0) is 0 Å². The maximum absolute atomic E-state index is 9.15. The van der Waals surface area contributed by atoms with Crippen molar-refractivity contribution in [2.45, 2.75) is 6.92 Å². The molecule has 2 aromatic carbocycles. The zero-order valence-electron chi connectivity index (χ0n) is 12.9. The minimum absolute atomic E-state index is 0.422. The molecule has 3 rings (SSSR count). The molecule has 0 aliphatic heterocycles. The van der Waals surface area contributed by atoms with Crippen LogP contribution in [0.1, 0.15) is 11.1 Å². The predicted molar refractivity (Wildman–Crippen MR) is 98.6 cm³/mol. The van der Waals surface area contributed by atoms with Crippen molar-refractivity contribution in [3.05, 3.63) is 70.3 Å². The molecule has 0 saturated carbocycles. The Morgan fingerprint density at radius 3 is 2.67 bits per heavy atom. The van der Waals surface area contributed by atoms with E-state index in [1.54, 1.807) is 18.3 Å². The highest BCUT2D eigenvalue weighted by Crippen LogP contribution is 2.26. The zero-order valence-corrected chi connectivity index (χ0v) is 14.5. The molecular weight excluding hydrogens is 366 g/mol. The highest BCUT2D eigenvalue weighted by atomic mass is 79.9. The van der Waals surface area contributed by atoms with Crippen LogP contribution < -0.4 is 10.6 Å². The molecule has 0 unspecified atom stereocenters. The molecular formula is C18H14BrN5. The second kappa shape index (κ2) is 7.11. The molecule has 1 heterocycles. The third kappa shape index (κ3) is 3.70. The minimum Gasteiger partial charge on any atom is -0.339 e. The number of hydrogen-bond acceptors (Lipinski definition) is 5. The molecule has 0 saturated heterocycles. The van der Waals surface area contributed by atoms with E-state index in [9.17, 15) is 0 Å². The van der Waals surface area contributed by atoms with Crippen LogP contribution in [-0.4, -0.2) is 9.97 Å². The molecule has 24 heavy (non-hydrogen) atoms. The average Bonchev–Trinajstić information content (AvgIpc) is 2.58. The van der Waals surface area contributed by atoms with E-state index in [-0.39, 0.29) is 0 Å². The Hall–Kier alpha value is -2.91. The van der Waals surface area contributed by atoms with Gasteiger partial charge in [0.1, 0.15) is 11.9 Å². The average molecular weight is 380 g/mol. The first-order valence-corrected chi connectivity index (χ1v) is 8.07. The number of nitriles is 1. The van der Waals surface area contributed by atoms with Gasteiger partial charge in [-0.15, -0.1) is 0 Å². The third-order valence-corrected chi connectivity index (χ3v) is 3.99. The van der Waals surface area contributed by atoms with E-state index in [0.717, 1.165) is 10.2 Å². The van der Waals surface area contributed by atoms with Crippen LogP contribution in [0.15, 0.2) is 59.2 Å². The van der Waals surface area contributed by atoms with Crippen molar-refractivity contribution >= 4 is 39.1 Å². The van der Waals surface area contributed by atoms with Crippen LogP contribution in [0.2, 0.25) is 0 Å². The number of nitrogens with zero attached hydrogens (tertiary/aromatic N) is 3. The SMILES string of the molecule is Cc1ccc(Nc2ccnc(Nc3ccccc3C#N)n2)c(Br)c1. The summed E-state index contributed by atoms with van der Waals surface area (Å²) in [6.45, 7) is 2.04. The molecule has 0 fully saturated rings. The van der Waals surface area contributed by atoms with Gasteiger partial charge in [0.25, 0.3) is 0 Å². The Bertz CT molecular complexity index is 917. The number of anilines is 4. The molecule has 6 heteroatoms. The van der Waals surface area contributed by atoms with Crippen LogP contribution in [0.25, 0.3) is 0 Å². The molecule has 2 N–H and O–H groups in total. The summed E-state index contributed by atoms with van der Waals surface area (Å²) in [6, 6.07) is 17.2. The van der Waals surface area contributed by atoms with Crippen LogP contribution >= 0.6 is 15.9 Å². The molecule has 0 amide bonds. The molecule has 0 spiro atoms. The Balaban J connectivity index is 1.83. The summed E-state index contributed by atoms with van der Waals surface area (Å²) in [5.41, 5.74) is 3.31. The van der Waals surface area contributed by atoms with Gasteiger partial charge in [-0.25, -0.2) is 4.98 Å². The maximum Gasteiger partial charge on any atom is 0.229 e.